The van der Waals surface area contributed by atoms with E-state index in [4.69, 9.17) is 9.47 Å². The van der Waals surface area contributed by atoms with E-state index in [1.54, 1.807) is 12.3 Å². The van der Waals surface area contributed by atoms with Crippen LogP contribution in [0, 0.1) is 0 Å². The standard InChI is InChI=1S/C22H18N4O3S/c27-18(17-7-4-10-23-17)13-30-22-25-24-21(16-5-2-1-3-6-16)26(22)12-15-8-9-19-20(11-15)29-14-28-19/h1-11,23H,12-14H2. The molecule has 1 aliphatic rings. The predicted octanol–water partition coefficient (Wildman–Crippen LogP) is 4.03. The summed E-state index contributed by atoms with van der Waals surface area (Å²) in [5, 5.41) is 9.47. The number of benzene rings is 2. The third kappa shape index (κ3) is 3.69. The number of rotatable bonds is 7. The molecule has 2 aromatic heterocycles. The number of ketones is 1. The van der Waals surface area contributed by atoms with Crippen molar-refractivity contribution in [3.05, 3.63) is 78.1 Å². The van der Waals surface area contributed by atoms with Crippen LogP contribution in [-0.2, 0) is 6.54 Å². The van der Waals surface area contributed by atoms with Crippen LogP contribution in [0.5, 0.6) is 11.5 Å². The zero-order valence-corrected chi connectivity index (χ0v) is 16.8. The Hall–Kier alpha value is -3.52. The molecule has 0 fully saturated rings. The van der Waals surface area contributed by atoms with Crippen molar-refractivity contribution >= 4 is 17.5 Å². The first-order valence-electron chi connectivity index (χ1n) is 9.44. The van der Waals surface area contributed by atoms with Gasteiger partial charge in [-0.15, -0.1) is 10.2 Å². The molecule has 0 atom stereocenters. The average molecular weight is 418 g/mol. The number of hydrogen-bond acceptors (Lipinski definition) is 6. The number of hydrogen-bond donors (Lipinski definition) is 1. The maximum Gasteiger partial charge on any atom is 0.231 e. The second-order valence-corrected chi connectivity index (χ2v) is 7.68. The van der Waals surface area contributed by atoms with Gasteiger partial charge in [-0.1, -0.05) is 48.2 Å². The van der Waals surface area contributed by atoms with Crippen LogP contribution in [-0.4, -0.2) is 38.1 Å². The number of Topliss-reactive ketones (excluding diaryl/α,β-unsaturated/α-hetero) is 1. The molecule has 0 saturated carbocycles. The van der Waals surface area contributed by atoms with Gasteiger partial charge >= 0.3 is 0 Å². The van der Waals surface area contributed by atoms with Crippen LogP contribution in [0.15, 0.2) is 72.0 Å². The number of aromatic nitrogens is 4. The monoisotopic (exact) mass is 418 g/mol. The maximum atomic E-state index is 12.4. The molecule has 0 spiro atoms. The van der Waals surface area contributed by atoms with Gasteiger partial charge in [-0.3, -0.25) is 9.36 Å². The summed E-state index contributed by atoms with van der Waals surface area (Å²) < 4.78 is 12.9. The van der Waals surface area contributed by atoms with Crippen molar-refractivity contribution in [3.8, 4) is 22.9 Å². The first-order valence-corrected chi connectivity index (χ1v) is 10.4. The van der Waals surface area contributed by atoms with Gasteiger partial charge < -0.3 is 14.5 Å². The smallest absolute Gasteiger partial charge is 0.231 e. The summed E-state index contributed by atoms with van der Waals surface area (Å²) in [7, 11) is 0. The number of carbonyl (C=O) groups is 1. The van der Waals surface area contributed by atoms with Gasteiger partial charge in [0.25, 0.3) is 0 Å². The van der Waals surface area contributed by atoms with Crippen LogP contribution in [0.3, 0.4) is 0 Å². The molecule has 0 radical (unpaired) electrons. The second-order valence-electron chi connectivity index (χ2n) is 6.74. The summed E-state index contributed by atoms with van der Waals surface area (Å²) in [6.45, 7) is 0.787. The average Bonchev–Trinajstić information content (AvgIpc) is 3.53. The first kappa shape index (κ1) is 18.5. The normalized spacial score (nSPS) is 12.3. The van der Waals surface area contributed by atoms with Crippen LogP contribution in [0.2, 0.25) is 0 Å². The number of H-pyrrole nitrogens is 1. The van der Waals surface area contributed by atoms with Crippen LogP contribution in [0.4, 0.5) is 0 Å². The first-order chi connectivity index (χ1) is 14.8. The Morgan fingerprint density at radius 3 is 2.73 bits per heavy atom. The number of nitrogens with one attached hydrogen (secondary N) is 1. The van der Waals surface area contributed by atoms with Crippen molar-refractivity contribution in [1.29, 1.82) is 0 Å². The Labute approximate surface area is 177 Å². The van der Waals surface area contributed by atoms with Gasteiger partial charge in [-0.05, 0) is 29.8 Å². The molecule has 0 aliphatic carbocycles. The lowest BCUT2D eigenvalue weighted by molar-refractivity contribution is 0.101. The van der Waals surface area contributed by atoms with Gasteiger partial charge in [-0.25, -0.2) is 0 Å². The SMILES string of the molecule is O=C(CSc1nnc(-c2ccccc2)n1Cc1ccc2c(c1)OCO2)c1ccc[nH]1. The Kier molecular flexibility index (Phi) is 4.98. The number of aromatic amines is 1. The van der Waals surface area contributed by atoms with Gasteiger partial charge in [-0.2, -0.15) is 0 Å². The minimum Gasteiger partial charge on any atom is -0.454 e. The summed E-state index contributed by atoms with van der Waals surface area (Å²) in [5.41, 5.74) is 2.59. The second kappa shape index (κ2) is 8.08. The zero-order valence-electron chi connectivity index (χ0n) is 15.9. The van der Waals surface area contributed by atoms with Gasteiger partial charge in [0.1, 0.15) is 0 Å². The third-order valence-electron chi connectivity index (χ3n) is 4.76. The molecule has 5 rings (SSSR count). The Morgan fingerprint density at radius 1 is 1.03 bits per heavy atom. The summed E-state index contributed by atoms with van der Waals surface area (Å²) in [4.78, 5) is 15.4. The van der Waals surface area contributed by atoms with Crippen molar-refractivity contribution in [3.63, 3.8) is 0 Å². The third-order valence-corrected chi connectivity index (χ3v) is 5.72. The summed E-state index contributed by atoms with van der Waals surface area (Å²) in [6.07, 6.45) is 1.74. The molecule has 0 amide bonds. The summed E-state index contributed by atoms with van der Waals surface area (Å²) in [5.74, 6) is 2.52. The number of carbonyl (C=O) groups excluding carboxylic acids is 1. The van der Waals surface area contributed by atoms with Crippen molar-refractivity contribution < 1.29 is 14.3 Å². The largest absolute Gasteiger partial charge is 0.454 e. The molecular weight excluding hydrogens is 400 g/mol. The highest BCUT2D eigenvalue weighted by Crippen LogP contribution is 2.33. The van der Waals surface area contributed by atoms with E-state index in [1.165, 1.54) is 11.8 Å². The minimum absolute atomic E-state index is 0.0175. The van der Waals surface area contributed by atoms with Crippen LogP contribution < -0.4 is 9.47 Å². The molecule has 150 valence electrons. The van der Waals surface area contributed by atoms with E-state index in [9.17, 15) is 4.79 Å². The molecule has 1 aliphatic heterocycles. The topological polar surface area (TPSA) is 82.0 Å². The molecule has 2 aromatic carbocycles. The van der Waals surface area contributed by atoms with E-state index >= 15 is 0 Å². The molecule has 4 aromatic rings. The fourth-order valence-electron chi connectivity index (χ4n) is 3.27. The Balaban J connectivity index is 1.45. The van der Waals surface area contributed by atoms with E-state index in [1.807, 2.05) is 59.2 Å². The van der Waals surface area contributed by atoms with Gasteiger partial charge in [0.05, 0.1) is 18.0 Å². The molecule has 30 heavy (non-hydrogen) atoms. The highest BCUT2D eigenvalue weighted by molar-refractivity contribution is 7.99. The number of nitrogens with zero attached hydrogens (tertiary/aromatic N) is 3. The fourth-order valence-corrected chi connectivity index (χ4v) is 4.09. The van der Waals surface area contributed by atoms with Crippen molar-refractivity contribution in [2.45, 2.75) is 11.7 Å². The maximum absolute atomic E-state index is 12.4. The van der Waals surface area contributed by atoms with Gasteiger partial charge in [0.15, 0.2) is 28.3 Å². The fraction of sp³-hybridized carbons (Fsp3) is 0.136. The van der Waals surface area contributed by atoms with Crippen LogP contribution >= 0.6 is 11.8 Å². The van der Waals surface area contributed by atoms with E-state index in [2.05, 4.69) is 15.2 Å². The van der Waals surface area contributed by atoms with E-state index in [0.717, 1.165) is 28.5 Å². The van der Waals surface area contributed by atoms with Crippen LogP contribution in [0.25, 0.3) is 11.4 Å². The van der Waals surface area contributed by atoms with Crippen LogP contribution in [0.1, 0.15) is 16.1 Å². The van der Waals surface area contributed by atoms with E-state index in [-0.39, 0.29) is 18.3 Å². The summed E-state index contributed by atoms with van der Waals surface area (Å²) in [6, 6.07) is 19.4. The quantitative estimate of drug-likeness (QED) is 0.361. The predicted molar refractivity (Wildman–Crippen MR) is 113 cm³/mol. The highest BCUT2D eigenvalue weighted by atomic mass is 32.2. The van der Waals surface area contributed by atoms with Crippen molar-refractivity contribution in [2.75, 3.05) is 12.5 Å². The lowest BCUT2D eigenvalue weighted by Gasteiger charge is -2.11. The minimum atomic E-state index is 0.0175. The van der Waals surface area contributed by atoms with Crippen molar-refractivity contribution in [1.82, 2.24) is 19.7 Å². The molecule has 1 N–H and O–H groups in total. The molecule has 7 nitrogen and oxygen atoms in total. The molecule has 8 heteroatoms. The molecule has 3 heterocycles. The molecule has 0 saturated heterocycles. The van der Waals surface area contributed by atoms with Crippen molar-refractivity contribution in [2.24, 2.45) is 0 Å². The number of fused-ring (bicyclic) bond motifs is 1. The summed E-state index contributed by atoms with van der Waals surface area (Å²) >= 11 is 1.38. The lowest BCUT2D eigenvalue weighted by Crippen LogP contribution is -2.07. The highest BCUT2D eigenvalue weighted by Gasteiger charge is 2.19. The van der Waals surface area contributed by atoms with E-state index in [0.29, 0.717) is 17.4 Å². The van der Waals surface area contributed by atoms with Gasteiger partial charge in [0.2, 0.25) is 6.79 Å². The van der Waals surface area contributed by atoms with Gasteiger partial charge in [0, 0.05) is 11.8 Å². The Morgan fingerprint density at radius 2 is 1.90 bits per heavy atom. The van der Waals surface area contributed by atoms with E-state index < -0.39 is 0 Å². The zero-order chi connectivity index (χ0) is 20.3. The molecule has 0 bridgehead atoms. The number of thioether (sulfide) groups is 1. The Bertz CT molecular complexity index is 1170. The molecule has 0 unspecified atom stereocenters. The number of ether oxygens (including phenoxy) is 2. The molecular formula is C22H18N4O3S. The lowest BCUT2D eigenvalue weighted by atomic mass is 10.2.